The molecule has 0 unspecified atom stereocenters. The van der Waals surface area contributed by atoms with Crippen LogP contribution in [0.3, 0.4) is 0 Å². The maximum absolute atomic E-state index is 9.44. The van der Waals surface area contributed by atoms with Gasteiger partial charge in [-0.3, -0.25) is 0 Å². The van der Waals surface area contributed by atoms with Crippen LogP contribution in [0, 0.1) is 13.8 Å². The van der Waals surface area contributed by atoms with Gasteiger partial charge in [0.05, 0.1) is 6.10 Å². The highest BCUT2D eigenvalue weighted by Gasteiger charge is 2.01. The molecule has 0 radical (unpaired) electrons. The molecule has 0 aliphatic rings. The molecule has 0 heterocycles. The van der Waals surface area contributed by atoms with Crippen LogP contribution < -0.4 is 4.74 Å². The number of ether oxygens (including phenoxy) is 1. The first-order valence-electron chi connectivity index (χ1n) is 6.52. The molecule has 0 saturated carbocycles. The predicted octanol–water partition coefficient (Wildman–Crippen LogP) is 3.94. The summed E-state index contributed by atoms with van der Waals surface area (Å²) in [5, 5.41) is 9.44. The third-order valence-electron chi connectivity index (χ3n) is 3.05. The van der Waals surface area contributed by atoms with Gasteiger partial charge < -0.3 is 9.84 Å². The molecule has 2 aromatic carbocycles. The third kappa shape index (κ3) is 3.83. The van der Waals surface area contributed by atoms with E-state index in [4.69, 9.17) is 4.74 Å². The minimum absolute atomic E-state index is 0.437. The van der Waals surface area contributed by atoms with Gasteiger partial charge in [-0.1, -0.05) is 41.5 Å². The van der Waals surface area contributed by atoms with Gasteiger partial charge in [0.1, 0.15) is 12.4 Å². The first-order valence-corrected chi connectivity index (χ1v) is 6.52. The van der Waals surface area contributed by atoms with Crippen molar-refractivity contribution in [3.8, 4) is 5.75 Å². The van der Waals surface area contributed by atoms with E-state index in [1.165, 1.54) is 16.7 Å². The van der Waals surface area contributed by atoms with E-state index in [2.05, 4.69) is 32.0 Å². The summed E-state index contributed by atoms with van der Waals surface area (Å²) in [5.74, 6) is 0.823. The van der Waals surface area contributed by atoms with E-state index in [9.17, 15) is 5.11 Å². The van der Waals surface area contributed by atoms with Gasteiger partial charge in [0.15, 0.2) is 0 Å². The molecule has 2 heteroatoms. The minimum atomic E-state index is -0.437. The normalized spacial score (nSPS) is 12.2. The number of aliphatic hydroxyl groups is 1. The van der Waals surface area contributed by atoms with Crippen molar-refractivity contribution in [1.29, 1.82) is 0 Å². The summed E-state index contributed by atoms with van der Waals surface area (Å²) < 4.78 is 5.76. The Balaban J connectivity index is 2.02. The van der Waals surface area contributed by atoms with Crippen LogP contribution >= 0.6 is 0 Å². The van der Waals surface area contributed by atoms with E-state index in [-0.39, 0.29) is 0 Å². The Hall–Kier alpha value is -1.80. The zero-order chi connectivity index (χ0) is 13.8. The van der Waals surface area contributed by atoms with E-state index in [0.29, 0.717) is 6.61 Å². The first kappa shape index (κ1) is 13.6. The van der Waals surface area contributed by atoms with Gasteiger partial charge >= 0.3 is 0 Å². The lowest BCUT2D eigenvalue weighted by Crippen LogP contribution is -1.97. The van der Waals surface area contributed by atoms with E-state index in [1.807, 2.05) is 24.3 Å². The molecule has 2 nitrogen and oxygen atoms in total. The van der Waals surface area contributed by atoms with Crippen molar-refractivity contribution in [3.63, 3.8) is 0 Å². The van der Waals surface area contributed by atoms with Crippen LogP contribution in [0.1, 0.15) is 35.3 Å². The Morgan fingerprint density at radius 3 is 2.11 bits per heavy atom. The lowest BCUT2D eigenvalue weighted by molar-refractivity contribution is 0.199. The quantitative estimate of drug-likeness (QED) is 0.898. The largest absolute Gasteiger partial charge is 0.489 e. The second-order valence-electron chi connectivity index (χ2n) is 5.03. The summed E-state index contributed by atoms with van der Waals surface area (Å²) in [6.45, 7) is 6.50. The summed E-state index contributed by atoms with van der Waals surface area (Å²) in [4.78, 5) is 0. The average molecular weight is 256 g/mol. The van der Waals surface area contributed by atoms with Crippen molar-refractivity contribution < 1.29 is 9.84 Å². The van der Waals surface area contributed by atoms with Crippen molar-refractivity contribution in [2.45, 2.75) is 33.5 Å². The molecule has 100 valence electrons. The Bertz CT molecular complexity index is 521. The van der Waals surface area contributed by atoms with Crippen molar-refractivity contribution >= 4 is 0 Å². The van der Waals surface area contributed by atoms with Crippen LogP contribution in [0.2, 0.25) is 0 Å². The summed E-state index contributed by atoms with van der Waals surface area (Å²) in [7, 11) is 0. The molecule has 0 aromatic heterocycles. The maximum atomic E-state index is 9.44. The number of hydrogen-bond donors (Lipinski definition) is 1. The second kappa shape index (κ2) is 5.89. The molecule has 0 aliphatic heterocycles. The van der Waals surface area contributed by atoms with Crippen LogP contribution in [-0.2, 0) is 6.61 Å². The van der Waals surface area contributed by atoms with Gasteiger partial charge in [-0.2, -0.15) is 0 Å². The van der Waals surface area contributed by atoms with Crippen molar-refractivity contribution in [3.05, 3.63) is 64.7 Å². The third-order valence-corrected chi connectivity index (χ3v) is 3.05. The Morgan fingerprint density at radius 1 is 1.00 bits per heavy atom. The fraction of sp³-hybridized carbons (Fsp3) is 0.294. The monoisotopic (exact) mass is 256 g/mol. The van der Waals surface area contributed by atoms with Crippen LogP contribution in [0.25, 0.3) is 0 Å². The smallest absolute Gasteiger partial charge is 0.119 e. The van der Waals surface area contributed by atoms with E-state index >= 15 is 0 Å². The number of aliphatic hydroxyl groups excluding tert-OH is 1. The summed E-state index contributed by atoms with van der Waals surface area (Å²) >= 11 is 0. The zero-order valence-electron chi connectivity index (χ0n) is 11.7. The van der Waals surface area contributed by atoms with Gasteiger partial charge in [0.25, 0.3) is 0 Å². The highest BCUT2D eigenvalue weighted by Crippen LogP contribution is 2.19. The second-order valence-corrected chi connectivity index (χ2v) is 5.03. The number of hydrogen-bond acceptors (Lipinski definition) is 2. The van der Waals surface area contributed by atoms with Gasteiger partial charge in [-0.25, -0.2) is 0 Å². The van der Waals surface area contributed by atoms with E-state index in [1.54, 1.807) is 6.92 Å². The lowest BCUT2D eigenvalue weighted by atomic mass is 10.1. The fourth-order valence-corrected chi connectivity index (χ4v) is 2.16. The molecule has 0 saturated heterocycles. The standard InChI is InChI=1S/C17H20O2/c1-12-8-13(2)10-15(9-12)11-19-17-6-4-16(5-7-17)14(3)18/h4-10,14,18H,11H2,1-3H3/t14-/m0/s1. The molecule has 1 N–H and O–H groups in total. The summed E-state index contributed by atoms with van der Waals surface area (Å²) in [6.07, 6.45) is -0.437. The Kier molecular flexibility index (Phi) is 4.23. The fourth-order valence-electron chi connectivity index (χ4n) is 2.16. The predicted molar refractivity (Wildman–Crippen MR) is 77.3 cm³/mol. The number of aryl methyl sites for hydroxylation is 2. The molecule has 19 heavy (non-hydrogen) atoms. The van der Waals surface area contributed by atoms with E-state index < -0.39 is 6.10 Å². The molecule has 2 rings (SSSR count). The number of rotatable bonds is 4. The zero-order valence-corrected chi connectivity index (χ0v) is 11.7. The minimum Gasteiger partial charge on any atom is -0.489 e. The maximum Gasteiger partial charge on any atom is 0.119 e. The Labute approximate surface area is 114 Å². The molecule has 0 aliphatic carbocycles. The molecule has 2 aromatic rings. The van der Waals surface area contributed by atoms with Gasteiger partial charge in [0, 0.05) is 0 Å². The number of benzene rings is 2. The van der Waals surface area contributed by atoms with Crippen molar-refractivity contribution in [2.24, 2.45) is 0 Å². The molecule has 0 amide bonds. The molecule has 0 bridgehead atoms. The molecule has 0 fully saturated rings. The van der Waals surface area contributed by atoms with Crippen LogP contribution in [0.5, 0.6) is 5.75 Å². The highest BCUT2D eigenvalue weighted by atomic mass is 16.5. The topological polar surface area (TPSA) is 29.5 Å². The SMILES string of the molecule is Cc1cc(C)cc(COc2ccc([C@H](C)O)cc2)c1. The van der Waals surface area contributed by atoms with E-state index in [0.717, 1.165) is 11.3 Å². The van der Waals surface area contributed by atoms with Crippen molar-refractivity contribution in [1.82, 2.24) is 0 Å². The van der Waals surface area contributed by atoms with Gasteiger partial charge in [-0.15, -0.1) is 0 Å². The lowest BCUT2D eigenvalue weighted by Gasteiger charge is -2.09. The Morgan fingerprint density at radius 2 is 1.58 bits per heavy atom. The molecular weight excluding hydrogens is 236 g/mol. The molecular formula is C17H20O2. The molecule has 1 atom stereocenters. The van der Waals surface area contributed by atoms with Gasteiger partial charge in [0.2, 0.25) is 0 Å². The average Bonchev–Trinajstić information content (AvgIpc) is 2.36. The van der Waals surface area contributed by atoms with Crippen LogP contribution in [0.4, 0.5) is 0 Å². The highest BCUT2D eigenvalue weighted by molar-refractivity contribution is 5.30. The molecule has 0 spiro atoms. The summed E-state index contributed by atoms with van der Waals surface area (Å²) in [6, 6.07) is 14.0. The van der Waals surface area contributed by atoms with Crippen LogP contribution in [0.15, 0.2) is 42.5 Å². The van der Waals surface area contributed by atoms with Gasteiger partial charge in [-0.05, 0) is 44.0 Å². The first-order chi connectivity index (χ1) is 9.04. The summed E-state index contributed by atoms with van der Waals surface area (Å²) in [5.41, 5.74) is 4.59. The van der Waals surface area contributed by atoms with Crippen molar-refractivity contribution in [2.75, 3.05) is 0 Å². The van der Waals surface area contributed by atoms with Crippen LogP contribution in [-0.4, -0.2) is 5.11 Å².